The molecule has 12 nitrogen and oxygen atoms in total. The van der Waals surface area contributed by atoms with E-state index < -0.39 is 36.0 Å². The smallest absolute Gasteiger partial charge is 0.407 e. The van der Waals surface area contributed by atoms with Crippen LogP contribution in [-0.2, 0) is 29.0 Å². The lowest BCUT2D eigenvalue weighted by Gasteiger charge is -2.22. The van der Waals surface area contributed by atoms with Crippen LogP contribution in [0.4, 0.5) is 9.59 Å². The van der Waals surface area contributed by atoms with E-state index in [0.717, 1.165) is 57.2 Å². The first-order valence-corrected chi connectivity index (χ1v) is 22.1. The normalized spacial score (nSPS) is 23.0. The molecule has 65 heavy (non-hydrogen) atoms. The molecule has 2 heterocycles. The van der Waals surface area contributed by atoms with Gasteiger partial charge in [0.15, 0.2) is 0 Å². The van der Waals surface area contributed by atoms with Crippen molar-refractivity contribution in [3.8, 4) is 33.8 Å². The first-order chi connectivity index (χ1) is 31.8. The number of hydrogen-bond acceptors (Lipinski definition) is 9. The fourth-order valence-corrected chi connectivity index (χ4v) is 9.09. The van der Waals surface area contributed by atoms with Crippen molar-refractivity contribution < 1.29 is 38.4 Å². The number of benzene rings is 6. The highest BCUT2D eigenvalue weighted by Gasteiger charge is 2.67. The summed E-state index contributed by atoms with van der Waals surface area (Å²) >= 11 is 0. The summed E-state index contributed by atoms with van der Waals surface area (Å²) in [7, 11) is 0. The van der Waals surface area contributed by atoms with Crippen LogP contribution in [0.25, 0.3) is 22.3 Å². The van der Waals surface area contributed by atoms with Gasteiger partial charge in [0.1, 0.15) is 35.7 Å². The fraction of sp³-hybridized carbons (Fsp3) is 0.264. The van der Waals surface area contributed by atoms with Crippen LogP contribution in [-0.4, -0.2) is 78.1 Å². The van der Waals surface area contributed by atoms with Crippen molar-refractivity contribution >= 4 is 18.5 Å². The average Bonchev–Trinajstić information content (AvgIpc) is 3.85. The second kappa shape index (κ2) is 19.8. The number of β-amino-alcohol motifs (C(OH)–C–C–N with tert-alkyl or cyclic N) is 1. The van der Waals surface area contributed by atoms with Crippen molar-refractivity contribution in [3.63, 3.8) is 0 Å². The molecule has 2 aliphatic heterocycles. The van der Waals surface area contributed by atoms with Crippen molar-refractivity contribution in [1.29, 1.82) is 0 Å². The minimum absolute atomic E-state index is 0.00176. The number of nitrogens with one attached hydrogen (secondary N) is 4. The summed E-state index contributed by atoms with van der Waals surface area (Å²) in [5.41, 5.74) is 7.90. The summed E-state index contributed by atoms with van der Waals surface area (Å²) in [6, 6.07) is 51.4. The highest BCUT2D eigenvalue weighted by atomic mass is 16.7. The molecule has 6 aromatic rings. The highest BCUT2D eigenvalue weighted by molar-refractivity contribution is 5.70. The molecule has 1 aliphatic carbocycles. The number of aldehydes is 1. The van der Waals surface area contributed by atoms with Crippen molar-refractivity contribution in [1.82, 2.24) is 21.3 Å². The molecule has 3 fully saturated rings. The number of rotatable bonds is 16. The molecule has 3 unspecified atom stereocenters. The third-order valence-corrected chi connectivity index (χ3v) is 12.7. The van der Waals surface area contributed by atoms with Crippen molar-refractivity contribution in [2.45, 2.75) is 61.7 Å². The first-order valence-electron chi connectivity index (χ1n) is 22.1. The number of alkyl carbamates (subject to hydrolysis) is 2. The maximum atomic E-state index is 13.1. The van der Waals surface area contributed by atoms with Gasteiger partial charge >= 0.3 is 12.2 Å². The maximum Gasteiger partial charge on any atom is 0.407 e. The Morgan fingerprint density at radius 3 is 1.92 bits per heavy atom. The van der Waals surface area contributed by atoms with E-state index in [0.29, 0.717) is 44.1 Å². The second-order valence-electron chi connectivity index (χ2n) is 16.9. The van der Waals surface area contributed by atoms with Gasteiger partial charge in [-0.15, -0.1) is 0 Å². The number of aliphatic hydroxyl groups is 1. The van der Waals surface area contributed by atoms with Crippen LogP contribution >= 0.6 is 0 Å². The molecule has 9 rings (SSSR count). The van der Waals surface area contributed by atoms with Gasteiger partial charge in [-0.05, 0) is 87.7 Å². The molecule has 2 amide bonds. The minimum Gasteiger partial charge on any atom is -0.458 e. The van der Waals surface area contributed by atoms with Gasteiger partial charge in [-0.1, -0.05) is 127 Å². The third-order valence-electron chi connectivity index (χ3n) is 12.7. The highest BCUT2D eigenvalue weighted by Crippen LogP contribution is 2.58. The molecular weight excluding hydrogens is 821 g/mol. The number of ether oxygens (including phenoxy) is 4. The maximum absolute atomic E-state index is 13.1. The topological polar surface area (TPSA) is 161 Å². The number of hydrogen-bond donors (Lipinski definition) is 5. The molecular formula is C53H53N4O8+. The lowest BCUT2D eigenvalue weighted by atomic mass is 9.97. The van der Waals surface area contributed by atoms with Gasteiger partial charge in [-0.3, -0.25) is 4.79 Å². The zero-order valence-electron chi connectivity index (χ0n) is 35.8. The van der Waals surface area contributed by atoms with Crippen LogP contribution in [0.5, 0.6) is 11.5 Å². The Labute approximate surface area is 378 Å². The SMILES string of the molecule is O=C(NCc1ccc(-c2ccccc2)cc1)O[C@@H]1[C@@H](O)CN[C@@H]1Cc1ccc(OCOc2ccc(C3CC34NCC(C=[OH+])[C@H]4OC(=O)NCc3cccc(-c4ccccc4)c3)cc2)cc1. The Bertz CT molecular complexity index is 2540. The molecule has 0 radical (unpaired) electrons. The summed E-state index contributed by atoms with van der Waals surface area (Å²) < 4.78 is 23.5. The average molecular weight is 874 g/mol. The minimum atomic E-state index is -0.823. The predicted octanol–water partition coefficient (Wildman–Crippen LogP) is 7.52. The molecule has 2 saturated heterocycles. The van der Waals surface area contributed by atoms with Crippen LogP contribution in [0.3, 0.4) is 0 Å². The van der Waals surface area contributed by atoms with E-state index in [4.69, 9.17) is 18.9 Å². The molecule has 0 aromatic heterocycles. The molecule has 12 heteroatoms. The molecule has 6 aromatic carbocycles. The summed E-state index contributed by atoms with van der Waals surface area (Å²) in [5, 5.41) is 23.2. The van der Waals surface area contributed by atoms with Gasteiger partial charge < -0.3 is 45.3 Å². The van der Waals surface area contributed by atoms with Crippen LogP contribution < -0.4 is 30.7 Å². The van der Waals surface area contributed by atoms with Gasteiger partial charge in [0.05, 0.1) is 11.6 Å². The third kappa shape index (κ3) is 10.4. The lowest BCUT2D eigenvalue weighted by molar-refractivity contribution is 0.0188. The Hall–Kier alpha value is -6.99. The van der Waals surface area contributed by atoms with Crippen LogP contribution in [0.2, 0.25) is 0 Å². The number of aliphatic hydroxyl groups excluding tert-OH is 1. The first kappa shape index (κ1) is 43.3. The van der Waals surface area contributed by atoms with E-state index in [-0.39, 0.29) is 24.7 Å². The van der Waals surface area contributed by atoms with Crippen molar-refractivity contribution in [2.24, 2.45) is 5.92 Å². The molecule has 1 saturated carbocycles. The summed E-state index contributed by atoms with van der Waals surface area (Å²) in [5.74, 6) is 1.03. The molecule has 7 atom stereocenters. The Balaban J connectivity index is 0.710. The van der Waals surface area contributed by atoms with E-state index in [9.17, 15) is 19.5 Å². The number of carbonyl (C=O) groups is 2. The lowest BCUT2D eigenvalue weighted by Crippen LogP contribution is -2.42. The zero-order valence-corrected chi connectivity index (χ0v) is 35.8. The fourth-order valence-electron chi connectivity index (χ4n) is 9.09. The number of carbonyl (C=O) groups excluding carboxylic acids is 3. The quantitative estimate of drug-likeness (QED) is 0.0377. The Morgan fingerprint density at radius 2 is 1.25 bits per heavy atom. The number of amides is 2. The standard InChI is InChI=1S/C53H52N4O8/c58-33-43-31-57-53(50(43)65-52(61)56-30-37-8-7-13-42(26-37)39-11-5-2-6-12-39)28-46(53)41-20-24-45(25-21-41)63-34-62-44-22-16-35(17-23-44)27-47-49(48(59)32-54-47)64-51(60)55-29-36-14-18-40(19-15-36)38-9-3-1-4-10-38/h1-26,33,43,46-50,54,57,59H,27-32,34H2,(H,55,60)(H,56,61)/p+1/t43?,46?,47-,48+,49+,50-,53?/m1/s1. The molecule has 0 bridgehead atoms. The Kier molecular flexibility index (Phi) is 13.2. The molecule has 3 aliphatic rings. The van der Waals surface area contributed by atoms with E-state index in [2.05, 4.69) is 51.6 Å². The van der Waals surface area contributed by atoms with Gasteiger partial charge in [0.2, 0.25) is 6.79 Å². The van der Waals surface area contributed by atoms with Gasteiger partial charge in [0.25, 0.3) is 6.29 Å². The van der Waals surface area contributed by atoms with E-state index in [1.54, 1.807) is 0 Å². The van der Waals surface area contributed by atoms with E-state index in [1.807, 2.05) is 127 Å². The molecule has 332 valence electrons. The zero-order chi connectivity index (χ0) is 44.6. The predicted molar refractivity (Wildman–Crippen MR) is 248 cm³/mol. The van der Waals surface area contributed by atoms with Crippen molar-refractivity contribution in [2.75, 3.05) is 19.9 Å². The Morgan fingerprint density at radius 1 is 0.662 bits per heavy atom. The summed E-state index contributed by atoms with van der Waals surface area (Å²) in [6.45, 7) is 1.45. The van der Waals surface area contributed by atoms with Crippen LogP contribution in [0.1, 0.15) is 34.6 Å². The second-order valence-corrected chi connectivity index (χ2v) is 16.9. The van der Waals surface area contributed by atoms with Crippen LogP contribution in [0, 0.1) is 5.92 Å². The van der Waals surface area contributed by atoms with E-state index >= 15 is 0 Å². The monoisotopic (exact) mass is 873 g/mol. The largest absolute Gasteiger partial charge is 0.458 e. The van der Waals surface area contributed by atoms with Gasteiger partial charge in [0, 0.05) is 32.1 Å². The molecule has 1 spiro atoms. The van der Waals surface area contributed by atoms with E-state index in [1.165, 1.54) is 0 Å². The van der Waals surface area contributed by atoms with Gasteiger partial charge in [-0.25, -0.2) is 9.59 Å². The van der Waals surface area contributed by atoms with Crippen LogP contribution in [0.15, 0.2) is 158 Å². The summed E-state index contributed by atoms with van der Waals surface area (Å²) in [4.78, 5) is 36.0. The summed E-state index contributed by atoms with van der Waals surface area (Å²) in [6.07, 6.45) is -0.735. The van der Waals surface area contributed by atoms with Gasteiger partial charge in [-0.2, -0.15) is 0 Å². The van der Waals surface area contributed by atoms with Crippen molar-refractivity contribution in [3.05, 3.63) is 180 Å². The molecule has 6 N–H and O–H groups in total.